The number of allylic oxidation sites excluding steroid dienone is 3. The minimum Gasteiger partial charge on any atom is -0.493 e. The van der Waals surface area contributed by atoms with Crippen molar-refractivity contribution in [2.75, 3.05) is 20.3 Å². The van der Waals surface area contributed by atoms with Gasteiger partial charge in [-0.2, -0.15) is 0 Å². The number of rotatable bonds is 7. The van der Waals surface area contributed by atoms with Crippen LogP contribution in [-0.2, 0) is 14.3 Å². The molecule has 0 aromatic rings. The van der Waals surface area contributed by atoms with E-state index in [0.717, 1.165) is 6.42 Å². The molecular formula is C17H27NO4. The summed E-state index contributed by atoms with van der Waals surface area (Å²) in [6.07, 6.45) is 2.82. The second kappa shape index (κ2) is 7.58. The third kappa shape index (κ3) is 3.09. The summed E-state index contributed by atoms with van der Waals surface area (Å²) < 4.78 is 5.38. The Morgan fingerprint density at radius 2 is 1.95 bits per heavy atom. The normalized spacial score (nSPS) is 25.6. The molecule has 5 nitrogen and oxygen atoms in total. The van der Waals surface area contributed by atoms with Crippen LogP contribution in [0.2, 0.25) is 0 Å². The highest BCUT2D eigenvalue weighted by atomic mass is 16.5. The molecule has 0 aromatic heterocycles. The maximum atomic E-state index is 12.9. The number of ether oxygens (including phenoxy) is 1. The zero-order valence-corrected chi connectivity index (χ0v) is 14.2. The van der Waals surface area contributed by atoms with Crippen molar-refractivity contribution in [3.05, 3.63) is 23.1 Å². The maximum Gasteiger partial charge on any atom is 0.211 e. The molecule has 2 N–H and O–H groups in total. The highest BCUT2D eigenvalue weighted by Gasteiger charge is 2.49. The van der Waals surface area contributed by atoms with E-state index in [4.69, 9.17) is 9.84 Å². The molecule has 0 spiro atoms. The third-order valence-electron chi connectivity index (χ3n) is 4.51. The Labute approximate surface area is 132 Å². The Balaban J connectivity index is 3.52. The summed E-state index contributed by atoms with van der Waals surface area (Å²) in [4.78, 5) is 25.6. The Morgan fingerprint density at radius 3 is 2.41 bits per heavy atom. The topological polar surface area (TPSA) is 75.6 Å². The van der Waals surface area contributed by atoms with E-state index in [1.807, 2.05) is 20.8 Å². The van der Waals surface area contributed by atoms with Gasteiger partial charge in [0.05, 0.1) is 19.1 Å². The van der Waals surface area contributed by atoms with E-state index in [-0.39, 0.29) is 29.9 Å². The number of Topliss-reactive ketones (excluding diaryl/α,β-unsaturated/α-hetero) is 2. The minimum absolute atomic E-state index is 0.0263. The van der Waals surface area contributed by atoms with Crippen LogP contribution >= 0.6 is 0 Å². The number of carbonyl (C=O) groups excluding carboxylic acids is 2. The third-order valence-corrected chi connectivity index (χ3v) is 4.51. The van der Waals surface area contributed by atoms with Crippen LogP contribution in [0, 0.1) is 11.3 Å². The summed E-state index contributed by atoms with van der Waals surface area (Å²) in [6.45, 7) is 7.81. The number of aliphatic hydroxyl groups excluding tert-OH is 1. The maximum absolute atomic E-state index is 12.9. The average Bonchev–Trinajstić information content (AvgIpc) is 2.53. The lowest BCUT2D eigenvalue weighted by atomic mass is 9.67. The second-order valence-corrected chi connectivity index (χ2v) is 5.84. The van der Waals surface area contributed by atoms with Gasteiger partial charge in [-0.25, -0.2) is 0 Å². The molecule has 0 saturated heterocycles. The molecule has 0 bridgehead atoms. The number of nitrogens with one attached hydrogen (secondary N) is 1. The number of hydrogen-bond acceptors (Lipinski definition) is 5. The highest BCUT2D eigenvalue weighted by Crippen LogP contribution is 2.42. The van der Waals surface area contributed by atoms with Crippen molar-refractivity contribution < 1.29 is 19.4 Å². The van der Waals surface area contributed by atoms with Gasteiger partial charge in [0, 0.05) is 23.9 Å². The van der Waals surface area contributed by atoms with Crippen LogP contribution in [0.3, 0.4) is 0 Å². The van der Waals surface area contributed by atoms with Crippen molar-refractivity contribution in [1.82, 2.24) is 5.32 Å². The lowest BCUT2D eigenvalue weighted by Gasteiger charge is -2.35. The van der Waals surface area contributed by atoms with Gasteiger partial charge in [0.2, 0.25) is 5.78 Å². The van der Waals surface area contributed by atoms with Crippen molar-refractivity contribution in [2.45, 2.75) is 40.5 Å². The smallest absolute Gasteiger partial charge is 0.211 e. The minimum atomic E-state index is -1.09. The summed E-state index contributed by atoms with van der Waals surface area (Å²) in [7, 11) is 1.47. The van der Waals surface area contributed by atoms with Gasteiger partial charge in [-0.3, -0.25) is 9.59 Å². The molecule has 0 saturated carbocycles. The molecule has 0 unspecified atom stereocenters. The highest BCUT2D eigenvalue weighted by molar-refractivity contribution is 6.24. The Bertz CT molecular complexity index is 507. The van der Waals surface area contributed by atoms with Gasteiger partial charge in [0.1, 0.15) is 0 Å². The molecule has 0 radical (unpaired) electrons. The van der Waals surface area contributed by atoms with Crippen molar-refractivity contribution in [3.63, 3.8) is 0 Å². The summed E-state index contributed by atoms with van der Waals surface area (Å²) in [5, 5.41) is 11.8. The lowest BCUT2D eigenvalue weighted by Crippen LogP contribution is -2.44. The Hall–Kier alpha value is -1.62. The first-order chi connectivity index (χ1) is 10.4. The van der Waals surface area contributed by atoms with Crippen molar-refractivity contribution in [1.29, 1.82) is 0 Å². The van der Waals surface area contributed by atoms with Gasteiger partial charge in [0.15, 0.2) is 11.5 Å². The molecule has 22 heavy (non-hydrogen) atoms. The molecule has 0 aliphatic heterocycles. The molecule has 5 heteroatoms. The summed E-state index contributed by atoms with van der Waals surface area (Å²) in [5.74, 6) is -0.0968. The molecule has 124 valence electrons. The Morgan fingerprint density at radius 1 is 1.32 bits per heavy atom. The number of aliphatic hydroxyl groups is 1. The van der Waals surface area contributed by atoms with Crippen LogP contribution in [0.5, 0.6) is 0 Å². The van der Waals surface area contributed by atoms with Crippen LogP contribution in [-0.4, -0.2) is 36.9 Å². The van der Waals surface area contributed by atoms with Gasteiger partial charge >= 0.3 is 0 Å². The van der Waals surface area contributed by atoms with E-state index < -0.39 is 5.41 Å². The fourth-order valence-electron chi connectivity index (χ4n) is 2.62. The first-order valence-corrected chi connectivity index (χ1v) is 7.81. The molecule has 1 aliphatic carbocycles. The van der Waals surface area contributed by atoms with Gasteiger partial charge in [-0.05, 0) is 25.7 Å². The number of methoxy groups -OCH3 is 1. The van der Waals surface area contributed by atoms with E-state index in [1.165, 1.54) is 7.11 Å². The molecule has 0 amide bonds. The summed E-state index contributed by atoms with van der Waals surface area (Å²) in [5.41, 5.74) is 0.0645. The first-order valence-electron chi connectivity index (χ1n) is 7.81. The standard InChI is InChI=1S/C17H27NO4/c1-6-11(3)13-12(10-18-8-9-19)15(20)17(4,7-2)16(21)14(13)22-5/h10-11,18-19H,6-9H2,1-5H3/b12-10+/t11-,17+/m1/s1. The van der Waals surface area contributed by atoms with Crippen LogP contribution in [0.15, 0.2) is 23.1 Å². The van der Waals surface area contributed by atoms with E-state index in [1.54, 1.807) is 13.1 Å². The zero-order chi connectivity index (χ0) is 16.9. The van der Waals surface area contributed by atoms with E-state index in [2.05, 4.69) is 5.32 Å². The molecule has 1 rings (SSSR count). The fraction of sp³-hybridized carbons (Fsp3) is 0.647. The molecule has 0 heterocycles. The second-order valence-electron chi connectivity index (χ2n) is 5.84. The van der Waals surface area contributed by atoms with Gasteiger partial charge in [0.25, 0.3) is 0 Å². The quantitative estimate of drug-likeness (QED) is 0.427. The summed E-state index contributed by atoms with van der Waals surface area (Å²) in [6, 6.07) is 0. The van der Waals surface area contributed by atoms with Gasteiger partial charge in [-0.15, -0.1) is 0 Å². The van der Waals surface area contributed by atoms with Crippen LogP contribution in [0.25, 0.3) is 0 Å². The number of carbonyl (C=O) groups is 2. The first kappa shape index (κ1) is 18.4. The van der Waals surface area contributed by atoms with Crippen molar-refractivity contribution in [2.24, 2.45) is 11.3 Å². The van der Waals surface area contributed by atoms with Crippen LogP contribution in [0.1, 0.15) is 40.5 Å². The molecule has 1 aliphatic rings. The predicted molar refractivity (Wildman–Crippen MR) is 85.1 cm³/mol. The van der Waals surface area contributed by atoms with E-state index in [9.17, 15) is 9.59 Å². The Kier molecular flexibility index (Phi) is 6.35. The lowest BCUT2D eigenvalue weighted by molar-refractivity contribution is -0.138. The summed E-state index contributed by atoms with van der Waals surface area (Å²) >= 11 is 0. The molecule has 2 atom stereocenters. The zero-order valence-electron chi connectivity index (χ0n) is 14.2. The predicted octanol–water partition coefficient (Wildman–Crippen LogP) is 1.97. The fourth-order valence-corrected chi connectivity index (χ4v) is 2.62. The van der Waals surface area contributed by atoms with E-state index in [0.29, 0.717) is 24.1 Å². The van der Waals surface area contributed by atoms with Crippen molar-refractivity contribution in [3.8, 4) is 0 Å². The van der Waals surface area contributed by atoms with Gasteiger partial charge < -0.3 is 15.2 Å². The van der Waals surface area contributed by atoms with Gasteiger partial charge in [-0.1, -0.05) is 20.8 Å². The van der Waals surface area contributed by atoms with Crippen LogP contribution < -0.4 is 5.32 Å². The van der Waals surface area contributed by atoms with E-state index >= 15 is 0 Å². The number of hydrogen-bond donors (Lipinski definition) is 2. The average molecular weight is 309 g/mol. The molecule has 0 fully saturated rings. The van der Waals surface area contributed by atoms with Crippen LogP contribution in [0.4, 0.5) is 0 Å². The number of ketones is 2. The monoisotopic (exact) mass is 309 g/mol. The largest absolute Gasteiger partial charge is 0.493 e. The molecule has 0 aromatic carbocycles. The molecular weight excluding hydrogens is 282 g/mol. The SMILES string of the molecule is CC[C@@H](C)C1=C(OC)C(=O)[C@@](C)(CC)C(=O)/C1=C/NCCO. The van der Waals surface area contributed by atoms with Crippen molar-refractivity contribution >= 4 is 11.6 Å².